The third kappa shape index (κ3) is 10.4. The lowest BCUT2D eigenvalue weighted by atomic mass is 10.1. The number of rotatable bonds is 13. The third-order valence-electron chi connectivity index (χ3n) is 11.5. The van der Waals surface area contributed by atoms with E-state index >= 15 is 0 Å². The van der Waals surface area contributed by atoms with Crippen molar-refractivity contribution in [3.63, 3.8) is 0 Å². The number of phenols is 1. The smallest absolute Gasteiger partial charge is 0.296 e. The molecule has 73 heavy (non-hydrogen) atoms. The average Bonchev–Trinajstić information content (AvgIpc) is 3.75. The Morgan fingerprint density at radius 3 is 1.75 bits per heavy atom. The monoisotopic (exact) mass is 1040 g/mol. The van der Waals surface area contributed by atoms with Gasteiger partial charge in [0.25, 0.3) is 30.4 Å². The molecule has 1 aromatic heterocycles. The van der Waals surface area contributed by atoms with Gasteiger partial charge in [-0.3, -0.25) is 13.7 Å². The highest BCUT2D eigenvalue weighted by Crippen LogP contribution is 2.43. The predicted molar refractivity (Wildman–Crippen MR) is 272 cm³/mol. The summed E-state index contributed by atoms with van der Waals surface area (Å²) in [4.78, 5) is -0.861. The summed E-state index contributed by atoms with van der Waals surface area (Å²) >= 11 is 0. The van der Waals surface area contributed by atoms with Gasteiger partial charge < -0.3 is 15.2 Å². The van der Waals surface area contributed by atoms with Crippen molar-refractivity contribution in [2.24, 2.45) is 30.7 Å². The summed E-state index contributed by atoms with van der Waals surface area (Å²) in [7, 11) is -13.1. The first-order valence-electron chi connectivity index (χ1n) is 21.6. The van der Waals surface area contributed by atoms with Crippen LogP contribution < -0.4 is 10.1 Å². The number of azo groups is 3. The Morgan fingerprint density at radius 2 is 1.14 bits per heavy atom. The van der Waals surface area contributed by atoms with Crippen molar-refractivity contribution in [1.29, 1.82) is 0 Å². The highest BCUT2D eigenvalue weighted by molar-refractivity contribution is 7.87. The zero-order valence-electron chi connectivity index (χ0n) is 38.9. The molecule has 0 aliphatic carbocycles. The van der Waals surface area contributed by atoms with Crippen molar-refractivity contribution in [2.45, 2.75) is 42.4 Å². The third-order valence-corrected chi connectivity index (χ3v) is 14.1. The Balaban J connectivity index is 0.943. The van der Waals surface area contributed by atoms with E-state index in [1.807, 2.05) is 44.2 Å². The molecule has 370 valence electrons. The number of aromatic hydroxyl groups is 1. The van der Waals surface area contributed by atoms with E-state index in [-0.39, 0.29) is 16.5 Å². The fraction of sp³-hybridized carbons (Fsp3) is 0.102. The second-order valence-electron chi connectivity index (χ2n) is 16.7. The van der Waals surface area contributed by atoms with Crippen LogP contribution in [0.15, 0.2) is 167 Å². The minimum Gasteiger partial charge on any atom is -0.505 e. The number of ether oxygens (including phenoxy) is 1. The molecule has 0 bridgehead atoms. The van der Waals surface area contributed by atoms with E-state index in [0.29, 0.717) is 78.9 Å². The maximum atomic E-state index is 12.6. The Labute approximate surface area is 416 Å². The number of nitrogens with zero attached hydrogens (tertiary/aromatic N) is 9. The number of hydrogen-bond donors (Lipinski definition) is 5. The molecule has 0 atom stereocenters. The standard InChI is InChI=1S/C49H40N10O11S3/c1-26-18-40(53-56-48-46(73(67,68)69)21-31-19-33(12-14-37(31)49(48)60)50-32-9-7-6-8-10-32)27(2)17-39(26)52-55-47-28(3)15-34(16-29(47)4)51-54-43-24-41-42(25-44(43)70-5)58-59(57-41)35-13-11-30-20-36(71(61,62)63)23-45(38(30)22-35)72(64,65)66/h6-25,50,60H,1-5H3,(H,61,62,63)(H,64,65,66)(H,67,68,69)/b54-51?,55-52-,56-53-. The highest BCUT2D eigenvalue weighted by atomic mass is 32.2. The molecule has 9 aromatic rings. The zero-order valence-corrected chi connectivity index (χ0v) is 41.4. The van der Waals surface area contributed by atoms with Crippen molar-refractivity contribution < 1.29 is 48.8 Å². The number of nitrogens with one attached hydrogen (secondary N) is 1. The van der Waals surface area contributed by atoms with Crippen LogP contribution in [0.3, 0.4) is 0 Å². The van der Waals surface area contributed by atoms with Crippen molar-refractivity contribution in [3.8, 4) is 17.2 Å². The van der Waals surface area contributed by atoms with Gasteiger partial charge in [-0.2, -0.15) is 45.4 Å². The SMILES string of the molecule is COc1cc2nn(-c3ccc4cc(S(=O)(=O)O)cc(S(=O)(=O)O)c4c3)nc2cc1N=Nc1cc(C)c(/N=N\c2cc(C)c(/N=N\c3c(S(=O)(=O)O)cc4cc(Nc5ccccc5)ccc4c3O)cc2C)c(C)c1. The summed E-state index contributed by atoms with van der Waals surface area (Å²) in [6.45, 7) is 7.23. The van der Waals surface area contributed by atoms with Gasteiger partial charge in [0, 0.05) is 28.2 Å². The van der Waals surface area contributed by atoms with Gasteiger partial charge in [0.1, 0.15) is 37.9 Å². The molecule has 1 heterocycles. The van der Waals surface area contributed by atoms with Crippen LogP contribution in [0.4, 0.5) is 45.5 Å². The number of fused-ring (bicyclic) bond motifs is 3. The molecule has 0 amide bonds. The van der Waals surface area contributed by atoms with Crippen molar-refractivity contribution >= 4 is 108 Å². The molecule has 8 aromatic carbocycles. The highest BCUT2D eigenvalue weighted by Gasteiger charge is 2.24. The van der Waals surface area contributed by atoms with Gasteiger partial charge in [-0.1, -0.05) is 24.3 Å². The molecule has 0 saturated carbocycles. The molecule has 21 nitrogen and oxygen atoms in total. The molecular weight excluding hydrogens is 1000 g/mol. The van der Waals surface area contributed by atoms with Crippen LogP contribution >= 0.6 is 0 Å². The number of para-hydroxylation sites is 1. The van der Waals surface area contributed by atoms with Crippen LogP contribution in [0, 0.1) is 27.7 Å². The van der Waals surface area contributed by atoms with Crippen LogP contribution in [0.25, 0.3) is 38.3 Å². The Morgan fingerprint density at radius 1 is 0.521 bits per heavy atom. The largest absolute Gasteiger partial charge is 0.505 e. The number of benzene rings is 8. The number of hydrogen-bond acceptors (Lipinski definition) is 17. The second kappa shape index (κ2) is 19.0. The zero-order chi connectivity index (χ0) is 52.1. The number of phenolic OH excluding ortho intramolecular Hbond substituents is 1. The first-order valence-corrected chi connectivity index (χ1v) is 25.9. The average molecular weight is 1040 g/mol. The maximum Gasteiger partial charge on any atom is 0.296 e. The molecule has 0 aliphatic heterocycles. The van der Waals surface area contributed by atoms with E-state index in [0.717, 1.165) is 22.9 Å². The molecule has 9 rings (SSSR count). The van der Waals surface area contributed by atoms with Gasteiger partial charge in [0.2, 0.25) is 0 Å². The summed E-state index contributed by atoms with van der Waals surface area (Å²) in [6.07, 6.45) is 0. The van der Waals surface area contributed by atoms with E-state index in [1.54, 1.807) is 68.4 Å². The van der Waals surface area contributed by atoms with Crippen LogP contribution in [0.1, 0.15) is 22.3 Å². The lowest BCUT2D eigenvalue weighted by Gasteiger charge is -2.12. The minimum atomic E-state index is -4.93. The summed E-state index contributed by atoms with van der Waals surface area (Å²) in [5, 5.41) is 50.6. The molecule has 0 saturated heterocycles. The number of aromatic nitrogens is 3. The Kier molecular flexibility index (Phi) is 12.9. The Hall–Kier alpha value is -8.39. The van der Waals surface area contributed by atoms with Gasteiger partial charge in [0.15, 0.2) is 5.75 Å². The van der Waals surface area contributed by atoms with Crippen LogP contribution in [-0.4, -0.2) is 66.1 Å². The van der Waals surface area contributed by atoms with Gasteiger partial charge in [0.05, 0.1) is 40.4 Å². The summed E-state index contributed by atoms with van der Waals surface area (Å²) < 4.78 is 109. The number of anilines is 2. The number of methoxy groups -OCH3 is 1. The first kappa shape index (κ1) is 49.6. The minimum absolute atomic E-state index is 0.0475. The van der Waals surface area contributed by atoms with Crippen molar-refractivity contribution in [1.82, 2.24) is 15.0 Å². The molecule has 0 unspecified atom stereocenters. The fourth-order valence-corrected chi connectivity index (χ4v) is 9.95. The lowest BCUT2D eigenvalue weighted by Crippen LogP contribution is -2.05. The second-order valence-corrected chi connectivity index (χ2v) is 20.9. The maximum absolute atomic E-state index is 12.6. The molecule has 0 radical (unpaired) electrons. The van der Waals surface area contributed by atoms with E-state index in [1.165, 1.54) is 36.2 Å². The molecule has 0 fully saturated rings. The quantitative estimate of drug-likeness (QED) is 0.0530. The van der Waals surface area contributed by atoms with Gasteiger partial charge in [-0.05, 0) is 152 Å². The Bertz CT molecular complexity index is 4180. The molecular formula is C49H40N10O11S3. The van der Waals surface area contributed by atoms with Crippen molar-refractivity contribution in [3.05, 3.63) is 144 Å². The number of aryl methyl sites for hydroxylation is 4. The lowest BCUT2D eigenvalue weighted by molar-refractivity contribution is 0.416. The topological polar surface area (TPSA) is 309 Å². The van der Waals surface area contributed by atoms with E-state index < -0.39 is 56.5 Å². The van der Waals surface area contributed by atoms with E-state index in [9.17, 15) is 44.0 Å². The molecule has 24 heteroatoms. The summed E-state index contributed by atoms with van der Waals surface area (Å²) in [5.41, 5.74) is 6.97. The van der Waals surface area contributed by atoms with Crippen LogP contribution in [0.5, 0.6) is 11.5 Å². The normalized spacial score (nSPS) is 12.6. The van der Waals surface area contributed by atoms with Gasteiger partial charge >= 0.3 is 0 Å². The van der Waals surface area contributed by atoms with Gasteiger partial charge in [-0.15, -0.1) is 25.5 Å². The summed E-state index contributed by atoms with van der Waals surface area (Å²) in [5.74, 6) is -0.166. The van der Waals surface area contributed by atoms with Gasteiger partial charge in [-0.25, -0.2) is 0 Å². The van der Waals surface area contributed by atoms with Crippen LogP contribution in [-0.2, 0) is 30.4 Å². The molecule has 0 spiro atoms. The first-order chi connectivity index (χ1) is 34.5. The fourth-order valence-electron chi connectivity index (χ4n) is 7.94. The van der Waals surface area contributed by atoms with Crippen molar-refractivity contribution in [2.75, 3.05) is 12.4 Å². The molecule has 0 aliphatic rings. The molecule has 5 N–H and O–H groups in total. The van der Waals surface area contributed by atoms with Crippen LogP contribution in [0.2, 0.25) is 0 Å². The summed E-state index contributed by atoms with van der Waals surface area (Å²) in [6, 6.07) is 31.6. The van der Waals surface area contributed by atoms with E-state index in [2.05, 4.69) is 46.2 Å². The predicted octanol–water partition coefficient (Wildman–Crippen LogP) is 12.4. The van der Waals surface area contributed by atoms with E-state index in [4.69, 9.17) is 4.74 Å².